The van der Waals surface area contributed by atoms with Gasteiger partial charge in [-0.3, -0.25) is 13.9 Å². The van der Waals surface area contributed by atoms with Crippen molar-refractivity contribution in [2.24, 2.45) is 0 Å². The number of nitrogens with one attached hydrogen (secondary N) is 2. The van der Waals surface area contributed by atoms with Crippen LogP contribution in [0.25, 0.3) is 10.9 Å². The van der Waals surface area contributed by atoms with Gasteiger partial charge in [-0.15, -0.1) is 0 Å². The van der Waals surface area contributed by atoms with Crippen molar-refractivity contribution in [1.82, 2.24) is 15.2 Å². The van der Waals surface area contributed by atoms with E-state index in [9.17, 15) is 18.0 Å². The molecule has 9 nitrogen and oxygen atoms in total. The average molecular weight is 775 g/mol. The van der Waals surface area contributed by atoms with E-state index in [1.807, 2.05) is 48.0 Å². The van der Waals surface area contributed by atoms with E-state index in [2.05, 4.69) is 76.4 Å². The lowest BCUT2D eigenvalue weighted by Gasteiger charge is -2.25. The number of aryl methyl sites for hydroxylation is 4. The molecule has 302 valence electrons. The third-order valence-electron chi connectivity index (χ3n) is 9.72. The van der Waals surface area contributed by atoms with Crippen LogP contribution in [0.4, 0.5) is 5.69 Å². The predicted molar refractivity (Wildman–Crippen MR) is 229 cm³/mol. The van der Waals surface area contributed by atoms with Gasteiger partial charge in [-0.2, -0.15) is 0 Å². The number of carbonyl (C=O) groups is 2. The third kappa shape index (κ3) is 13.9. The van der Waals surface area contributed by atoms with E-state index in [0.717, 1.165) is 34.9 Å². The Morgan fingerprint density at radius 3 is 2.04 bits per heavy atom. The smallest absolute Gasteiger partial charge is 0.252 e. The molecule has 1 fully saturated rings. The number of aromatic nitrogens is 1. The fraction of sp³-hybridized carbons (Fsp3) is 0.511. The van der Waals surface area contributed by atoms with Crippen LogP contribution in [-0.4, -0.2) is 69.3 Å². The van der Waals surface area contributed by atoms with Crippen LogP contribution in [0, 0.1) is 13.8 Å². The van der Waals surface area contributed by atoms with Crippen molar-refractivity contribution in [3.05, 3.63) is 101 Å². The highest BCUT2D eigenvalue weighted by Crippen LogP contribution is 2.37. The molecule has 10 heteroatoms. The molecule has 3 aromatic carbocycles. The van der Waals surface area contributed by atoms with Crippen LogP contribution in [-0.2, 0) is 38.9 Å². The second-order valence-corrected chi connectivity index (χ2v) is 16.6. The molecule has 2 aliphatic rings. The Bertz CT molecular complexity index is 1840. The molecule has 0 bridgehead atoms. The van der Waals surface area contributed by atoms with Crippen molar-refractivity contribution in [2.75, 3.05) is 36.9 Å². The molecule has 0 radical (unpaired) electrons. The molecule has 1 unspecified atom stereocenters. The van der Waals surface area contributed by atoms with E-state index in [1.165, 1.54) is 48.2 Å². The van der Waals surface area contributed by atoms with Crippen LogP contribution in [0.3, 0.4) is 0 Å². The van der Waals surface area contributed by atoms with Gasteiger partial charge < -0.3 is 19.9 Å². The first kappa shape index (κ1) is 45.4. The van der Waals surface area contributed by atoms with E-state index in [1.54, 1.807) is 12.1 Å². The highest BCUT2D eigenvalue weighted by Gasteiger charge is 2.30. The van der Waals surface area contributed by atoms with Gasteiger partial charge in [0.2, 0.25) is 10.0 Å². The molecule has 1 atom stereocenters. The van der Waals surface area contributed by atoms with Gasteiger partial charge in [0.05, 0.1) is 29.5 Å². The Morgan fingerprint density at radius 1 is 0.891 bits per heavy atom. The molecule has 55 heavy (non-hydrogen) atoms. The summed E-state index contributed by atoms with van der Waals surface area (Å²) in [5.74, 6) is -0.498. The summed E-state index contributed by atoms with van der Waals surface area (Å²) in [6, 6.07) is 21.0. The van der Waals surface area contributed by atoms with Crippen molar-refractivity contribution in [1.29, 1.82) is 0 Å². The number of anilines is 1. The number of Topliss-reactive ketones (excluding diaryl/α,β-unsaturated/α-hetero) is 1. The Labute approximate surface area is 331 Å². The fourth-order valence-electron chi connectivity index (χ4n) is 6.44. The first-order chi connectivity index (χ1) is 26.4. The normalized spacial score (nSPS) is 15.2. The second kappa shape index (κ2) is 23.2. The number of rotatable bonds is 11. The van der Waals surface area contributed by atoms with Gasteiger partial charge in [0, 0.05) is 50.0 Å². The summed E-state index contributed by atoms with van der Waals surface area (Å²) < 4.78 is 34.5. The van der Waals surface area contributed by atoms with E-state index in [4.69, 9.17) is 4.74 Å². The third-order valence-corrected chi connectivity index (χ3v) is 11.5. The summed E-state index contributed by atoms with van der Waals surface area (Å²) in [6.45, 7) is 17.1. The SMILES string of the molecule is CCC.CCCCC.CCn1cc2c3c(cc(C(=O)NC(Cc4ccccc4)C(=O)CNC4CCOCC4)cc31)N(C)S(=O)(=O)CC2.Cc1ccc(C)cc1. The lowest BCUT2D eigenvalue weighted by molar-refractivity contribution is -0.120. The van der Waals surface area contributed by atoms with E-state index < -0.39 is 22.0 Å². The molecule has 0 aliphatic carbocycles. The Morgan fingerprint density at radius 2 is 1.49 bits per heavy atom. The number of carbonyl (C=O) groups excluding carboxylic acids is 2. The average Bonchev–Trinajstić information content (AvgIpc) is 3.52. The number of amides is 1. The number of ketones is 1. The molecule has 2 N–H and O–H groups in total. The zero-order chi connectivity index (χ0) is 40.4. The first-order valence-electron chi connectivity index (χ1n) is 20.2. The lowest BCUT2D eigenvalue weighted by atomic mass is 10.0. The summed E-state index contributed by atoms with van der Waals surface area (Å²) in [4.78, 5) is 27.1. The number of hydrogen-bond donors (Lipinski definition) is 2. The zero-order valence-electron chi connectivity index (χ0n) is 34.6. The topological polar surface area (TPSA) is 110 Å². The summed E-state index contributed by atoms with van der Waals surface area (Å²) in [6.07, 6.45) is 9.78. The molecule has 0 spiro atoms. The van der Waals surface area contributed by atoms with Gasteiger partial charge in [0.15, 0.2) is 5.78 Å². The number of nitrogens with zero attached hydrogens (tertiary/aromatic N) is 2. The minimum atomic E-state index is -3.52. The maximum atomic E-state index is 13.7. The summed E-state index contributed by atoms with van der Waals surface area (Å²) >= 11 is 0. The van der Waals surface area contributed by atoms with Gasteiger partial charge in [0.25, 0.3) is 5.91 Å². The maximum absolute atomic E-state index is 13.7. The van der Waals surface area contributed by atoms with Gasteiger partial charge >= 0.3 is 0 Å². The van der Waals surface area contributed by atoms with Crippen LogP contribution in [0.1, 0.15) is 106 Å². The molecular formula is C45H66N4O5S. The second-order valence-electron chi connectivity index (χ2n) is 14.5. The van der Waals surface area contributed by atoms with Gasteiger partial charge in [-0.25, -0.2) is 8.42 Å². The molecule has 0 saturated carbocycles. The summed E-state index contributed by atoms with van der Waals surface area (Å²) in [5.41, 5.74) is 6.18. The molecule has 1 amide bonds. The molecule has 6 rings (SSSR count). The fourth-order valence-corrected chi connectivity index (χ4v) is 7.64. The Hall–Kier alpha value is -3.99. The van der Waals surface area contributed by atoms with Crippen LogP contribution >= 0.6 is 0 Å². The highest BCUT2D eigenvalue weighted by molar-refractivity contribution is 7.92. The molecule has 3 heterocycles. The first-order valence-corrected chi connectivity index (χ1v) is 21.8. The monoisotopic (exact) mass is 774 g/mol. The van der Waals surface area contributed by atoms with Crippen LogP contribution in [0.5, 0.6) is 0 Å². The molecule has 4 aromatic rings. The molecule has 2 aliphatic heterocycles. The van der Waals surface area contributed by atoms with Crippen molar-refractivity contribution in [3.63, 3.8) is 0 Å². The van der Waals surface area contributed by atoms with E-state index in [0.29, 0.717) is 43.9 Å². The number of hydrogen-bond acceptors (Lipinski definition) is 6. The van der Waals surface area contributed by atoms with Crippen molar-refractivity contribution in [2.45, 2.75) is 118 Å². The Balaban J connectivity index is 0.000000424. The minimum Gasteiger partial charge on any atom is -0.381 e. The van der Waals surface area contributed by atoms with Gasteiger partial charge in [-0.05, 0) is 69.7 Å². The predicted octanol–water partition coefficient (Wildman–Crippen LogP) is 8.58. The van der Waals surface area contributed by atoms with Crippen LogP contribution in [0.15, 0.2) is 72.9 Å². The van der Waals surface area contributed by atoms with Crippen LogP contribution in [0.2, 0.25) is 0 Å². The molecular weight excluding hydrogens is 709 g/mol. The van der Waals surface area contributed by atoms with E-state index in [-0.39, 0.29) is 24.1 Å². The van der Waals surface area contributed by atoms with Crippen molar-refractivity contribution in [3.8, 4) is 0 Å². The Kier molecular flexibility index (Phi) is 19.1. The molecule has 1 aromatic heterocycles. The quantitative estimate of drug-likeness (QED) is 0.158. The molecule has 1 saturated heterocycles. The largest absolute Gasteiger partial charge is 0.381 e. The highest BCUT2D eigenvalue weighted by atomic mass is 32.2. The standard InChI is InChI=1S/C29H36N4O5S.C8H10.C5H12.C3H8/c1-3-33-19-21-11-14-39(36,37)32(2)25-16-22(17-26(33)28(21)25)29(35)31-24(15-20-7-5-4-6-8-20)27(34)18-30-23-9-12-38-13-10-23;1-7-3-5-8(2)6-4-7;1-3-5-4-2;1-3-2/h4-8,16-17,19,23-24,30H,3,9-15,18H2,1-2H3,(H,31,35);3-6H,1-2H3;3-5H2,1-2H3;3H2,1-2H3. The number of ether oxygens (including phenoxy) is 1. The zero-order valence-corrected chi connectivity index (χ0v) is 35.4. The summed E-state index contributed by atoms with van der Waals surface area (Å²) in [5, 5.41) is 7.16. The lowest BCUT2D eigenvalue weighted by Crippen LogP contribution is -2.48. The van der Waals surface area contributed by atoms with Gasteiger partial charge in [-0.1, -0.05) is 119 Å². The van der Waals surface area contributed by atoms with Crippen molar-refractivity contribution < 1.29 is 22.7 Å². The number of sulfonamides is 1. The number of unbranched alkanes of at least 4 members (excludes halogenated alkanes) is 2. The van der Waals surface area contributed by atoms with Gasteiger partial charge in [0.1, 0.15) is 0 Å². The minimum absolute atomic E-state index is 0.0102. The van der Waals surface area contributed by atoms with Crippen LogP contribution < -0.4 is 14.9 Å². The number of benzene rings is 3. The summed E-state index contributed by atoms with van der Waals surface area (Å²) in [7, 11) is -1.98. The maximum Gasteiger partial charge on any atom is 0.252 e. The van der Waals surface area contributed by atoms with E-state index >= 15 is 0 Å². The van der Waals surface area contributed by atoms with Crippen molar-refractivity contribution >= 4 is 38.3 Å².